The Balaban J connectivity index is 1.47. The number of hydrogen-bond donors (Lipinski definition) is 0. The van der Waals surface area contributed by atoms with Gasteiger partial charge in [0.1, 0.15) is 11.6 Å². The highest BCUT2D eigenvalue weighted by Crippen LogP contribution is 2.32. The predicted octanol–water partition coefficient (Wildman–Crippen LogP) is 3.44. The molecule has 4 rings (SSSR count). The summed E-state index contributed by atoms with van der Waals surface area (Å²) in [5.41, 5.74) is -0.0756. The van der Waals surface area contributed by atoms with E-state index >= 15 is 0 Å². The SMILES string of the molecule is O=C(CSc1nc(C(F)(F)F)nc2ncccc12)c1ccc(CN2CCOCC2=O)s1. The maximum Gasteiger partial charge on any atom is 0.451 e. The third-order valence-electron chi connectivity index (χ3n) is 4.40. The smallest absolute Gasteiger partial charge is 0.370 e. The summed E-state index contributed by atoms with van der Waals surface area (Å²) in [5, 5.41) is 0.403. The fourth-order valence-electron chi connectivity index (χ4n) is 2.89. The van der Waals surface area contributed by atoms with Crippen LogP contribution in [0.2, 0.25) is 0 Å². The first-order valence-electron chi connectivity index (χ1n) is 9.11. The van der Waals surface area contributed by atoms with Crippen LogP contribution in [0.3, 0.4) is 0 Å². The Morgan fingerprint density at radius 3 is 2.87 bits per heavy atom. The molecule has 0 N–H and O–H groups in total. The van der Waals surface area contributed by atoms with Gasteiger partial charge in [-0.25, -0.2) is 15.0 Å². The molecule has 0 aromatic carbocycles. The highest BCUT2D eigenvalue weighted by Gasteiger charge is 2.36. The molecule has 7 nitrogen and oxygen atoms in total. The van der Waals surface area contributed by atoms with Crippen LogP contribution < -0.4 is 0 Å². The van der Waals surface area contributed by atoms with E-state index < -0.39 is 12.0 Å². The highest BCUT2D eigenvalue weighted by molar-refractivity contribution is 8.00. The summed E-state index contributed by atoms with van der Waals surface area (Å²) in [6.45, 7) is 1.41. The third-order valence-corrected chi connectivity index (χ3v) is 6.50. The number of halogens is 3. The minimum Gasteiger partial charge on any atom is -0.370 e. The number of rotatable bonds is 6. The first-order chi connectivity index (χ1) is 14.8. The molecule has 1 aliphatic rings. The number of alkyl halides is 3. The molecule has 0 aliphatic carbocycles. The number of fused-ring (bicyclic) bond motifs is 1. The van der Waals surface area contributed by atoms with Gasteiger partial charge in [-0.1, -0.05) is 11.8 Å². The van der Waals surface area contributed by atoms with Crippen molar-refractivity contribution in [2.45, 2.75) is 17.7 Å². The molecule has 12 heteroatoms. The molecule has 3 aromatic heterocycles. The minimum atomic E-state index is -4.72. The molecule has 0 atom stereocenters. The predicted molar refractivity (Wildman–Crippen MR) is 108 cm³/mol. The molecule has 0 saturated carbocycles. The van der Waals surface area contributed by atoms with Crippen LogP contribution >= 0.6 is 23.1 Å². The summed E-state index contributed by atoms with van der Waals surface area (Å²) in [6, 6.07) is 6.58. The minimum absolute atomic E-state index is 0.0504. The van der Waals surface area contributed by atoms with Gasteiger partial charge in [0.15, 0.2) is 11.4 Å². The quantitative estimate of drug-likeness (QED) is 0.311. The zero-order valence-corrected chi connectivity index (χ0v) is 17.5. The normalized spacial score (nSPS) is 14.9. The number of ether oxygens (including phenoxy) is 1. The highest BCUT2D eigenvalue weighted by atomic mass is 32.2. The molecule has 4 heterocycles. The van der Waals surface area contributed by atoms with Crippen LogP contribution in [0.4, 0.5) is 13.2 Å². The molecule has 1 fully saturated rings. The topological polar surface area (TPSA) is 85.3 Å². The number of hydrogen-bond acceptors (Lipinski definition) is 8. The van der Waals surface area contributed by atoms with E-state index in [0.717, 1.165) is 16.6 Å². The second-order valence-corrected chi connectivity index (χ2v) is 8.70. The summed E-state index contributed by atoms with van der Waals surface area (Å²) in [6.07, 6.45) is -3.37. The van der Waals surface area contributed by atoms with E-state index in [1.807, 2.05) is 0 Å². The van der Waals surface area contributed by atoms with E-state index in [1.165, 1.54) is 17.5 Å². The van der Waals surface area contributed by atoms with Crippen LogP contribution in [0.25, 0.3) is 11.0 Å². The number of thiophene rings is 1. The van der Waals surface area contributed by atoms with Gasteiger partial charge in [0.2, 0.25) is 11.7 Å². The lowest BCUT2D eigenvalue weighted by molar-refractivity contribution is -0.145. The Morgan fingerprint density at radius 2 is 2.10 bits per heavy atom. The van der Waals surface area contributed by atoms with Crippen LogP contribution in [-0.2, 0) is 22.3 Å². The van der Waals surface area contributed by atoms with Gasteiger partial charge in [0, 0.05) is 17.6 Å². The van der Waals surface area contributed by atoms with Crippen molar-refractivity contribution < 1.29 is 27.5 Å². The van der Waals surface area contributed by atoms with Crippen molar-refractivity contribution in [3.05, 3.63) is 46.0 Å². The van der Waals surface area contributed by atoms with Crippen molar-refractivity contribution in [3.63, 3.8) is 0 Å². The molecule has 3 aromatic rings. The lowest BCUT2D eigenvalue weighted by Crippen LogP contribution is -2.40. The van der Waals surface area contributed by atoms with Crippen LogP contribution in [-0.4, -0.2) is 57.1 Å². The molecule has 0 radical (unpaired) electrons. The van der Waals surface area contributed by atoms with Crippen LogP contribution in [0.15, 0.2) is 35.5 Å². The van der Waals surface area contributed by atoms with Crippen molar-refractivity contribution in [2.24, 2.45) is 0 Å². The maximum absolute atomic E-state index is 13.1. The molecule has 31 heavy (non-hydrogen) atoms. The summed E-state index contributed by atoms with van der Waals surface area (Å²) < 4.78 is 44.5. The second-order valence-electron chi connectivity index (χ2n) is 6.57. The van der Waals surface area contributed by atoms with E-state index in [0.29, 0.717) is 30.0 Å². The molecular weight excluding hydrogens is 453 g/mol. The fraction of sp³-hybridized carbons (Fsp3) is 0.316. The largest absolute Gasteiger partial charge is 0.451 e. The molecule has 1 amide bonds. The van der Waals surface area contributed by atoms with Crippen molar-refractivity contribution in [1.82, 2.24) is 19.9 Å². The monoisotopic (exact) mass is 468 g/mol. The fourth-order valence-corrected chi connectivity index (χ4v) is 4.84. The number of thioether (sulfide) groups is 1. The van der Waals surface area contributed by atoms with Crippen molar-refractivity contribution in [2.75, 3.05) is 25.5 Å². The van der Waals surface area contributed by atoms with E-state index in [-0.39, 0.29) is 34.7 Å². The van der Waals surface area contributed by atoms with Crippen LogP contribution in [0.1, 0.15) is 20.4 Å². The Morgan fingerprint density at radius 1 is 1.26 bits per heavy atom. The van der Waals surface area contributed by atoms with Gasteiger partial charge in [-0.2, -0.15) is 13.2 Å². The number of morpholine rings is 1. The Kier molecular flexibility index (Phi) is 6.21. The van der Waals surface area contributed by atoms with E-state index in [9.17, 15) is 22.8 Å². The lowest BCUT2D eigenvalue weighted by Gasteiger charge is -2.26. The van der Waals surface area contributed by atoms with Crippen LogP contribution in [0.5, 0.6) is 0 Å². The van der Waals surface area contributed by atoms with Gasteiger partial charge >= 0.3 is 6.18 Å². The molecule has 0 spiro atoms. The third kappa shape index (κ3) is 5.02. The van der Waals surface area contributed by atoms with Gasteiger partial charge < -0.3 is 9.64 Å². The maximum atomic E-state index is 13.1. The standard InChI is InChI=1S/C19H15F3N4O3S2/c20-19(21,22)18-24-16-12(2-1-5-23-16)17(25-18)30-10-13(27)14-4-3-11(31-14)8-26-6-7-29-9-15(26)28/h1-5H,6-10H2. The van der Waals surface area contributed by atoms with Gasteiger partial charge in [-0.3, -0.25) is 9.59 Å². The van der Waals surface area contributed by atoms with Gasteiger partial charge in [0.05, 0.1) is 29.2 Å². The zero-order chi connectivity index (χ0) is 22.0. The summed E-state index contributed by atoms with van der Waals surface area (Å²) >= 11 is 2.17. The van der Waals surface area contributed by atoms with Gasteiger partial charge in [-0.15, -0.1) is 11.3 Å². The summed E-state index contributed by atoms with van der Waals surface area (Å²) in [5.74, 6) is -1.72. The molecule has 162 valence electrons. The number of Topliss-reactive ketones (excluding diaryl/α,β-unsaturated/α-hetero) is 1. The lowest BCUT2D eigenvalue weighted by atomic mass is 10.3. The number of pyridine rings is 1. The number of amides is 1. The van der Waals surface area contributed by atoms with E-state index in [4.69, 9.17) is 4.74 Å². The van der Waals surface area contributed by atoms with E-state index in [1.54, 1.807) is 29.2 Å². The number of carbonyl (C=O) groups excluding carboxylic acids is 2. The zero-order valence-electron chi connectivity index (χ0n) is 15.9. The Labute approximate surface area is 182 Å². The number of carbonyl (C=O) groups is 2. The average molecular weight is 468 g/mol. The second kappa shape index (κ2) is 8.89. The molecule has 0 bridgehead atoms. The first-order valence-corrected chi connectivity index (χ1v) is 10.9. The van der Waals surface area contributed by atoms with Crippen molar-refractivity contribution >= 4 is 45.8 Å². The Hall–Kier alpha value is -2.57. The molecule has 0 unspecified atom stereocenters. The van der Waals surface area contributed by atoms with Crippen molar-refractivity contribution in [1.29, 1.82) is 0 Å². The number of ketones is 1. The van der Waals surface area contributed by atoms with Gasteiger partial charge in [-0.05, 0) is 24.3 Å². The van der Waals surface area contributed by atoms with E-state index in [2.05, 4.69) is 15.0 Å². The summed E-state index contributed by atoms with van der Waals surface area (Å²) in [4.78, 5) is 38.4. The number of nitrogens with zero attached hydrogens (tertiary/aromatic N) is 4. The molecule has 1 saturated heterocycles. The number of aromatic nitrogens is 3. The average Bonchev–Trinajstić information content (AvgIpc) is 3.21. The first kappa shape index (κ1) is 21.7. The van der Waals surface area contributed by atoms with Gasteiger partial charge in [0.25, 0.3) is 0 Å². The summed E-state index contributed by atoms with van der Waals surface area (Å²) in [7, 11) is 0. The van der Waals surface area contributed by atoms with Crippen molar-refractivity contribution in [3.8, 4) is 0 Å². The molecular formula is C19H15F3N4O3S2. The molecule has 1 aliphatic heterocycles. The van der Waals surface area contributed by atoms with Crippen LogP contribution in [0, 0.1) is 0 Å². The Bertz CT molecular complexity index is 1140.